The highest BCUT2D eigenvalue weighted by Crippen LogP contribution is 2.24. The highest BCUT2D eigenvalue weighted by atomic mass is 32.2. The normalized spacial score (nSPS) is 11.2. The molecule has 8 heteroatoms. The second-order valence-electron chi connectivity index (χ2n) is 6.10. The summed E-state index contributed by atoms with van der Waals surface area (Å²) in [6, 6.07) is 16.8. The molecule has 0 bridgehead atoms. The minimum absolute atomic E-state index is 0.00741. The van der Waals surface area contributed by atoms with E-state index in [1.807, 2.05) is 48.5 Å². The molecule has 0 aliphatic rings. The monoisotopic (exact) mass is 394 g/mol. The molecular weight excluding hydrogens is 376 g/mol. The lowest BCUT2D eigenvalue weighted by atomic mass is 10.2. The van der Waals surface area contributed by atoms with E-state index in [0.717, 1.165) is 5.56 Å². The SMILES string of the molecule is O=c1c2ccccc2nc(SCc2nnc(-c3ccccc3)o2)n1CCCO. The Morgan fingerprint density at radius 1 is 1.04 bits per heavy atom. The predicted molar refractivity (Wildman–Crippen MR) is 107 cm³/mol. The van der Waals surface area contributed by atoms with E-state index >= 15 is 0 Å². The van der Waals surface area contributed by atoms with Crippen LogP contribution in [0.2, 0.25) is 0 Å². The smallest absolute Gasteiger partial charge is 0.262 e. The summed E-state index contributed by atoms with van der Waals surface area (Å²) in [5.41, 5.74) is 1.39. The fourth-order valence-corrected chi connectivity index (χ4v) is 3.68. The summed E-state index contributed by atoms with van der Waals surface area (Å²) in [6.45, 7) is 0.405. The topological polar surface area (TPSA) is 94.0 Å². The molecule has 1 N–H and O–H groups in total. The molecule has 0 aliphatic heterocycles. The molecule has 142 valence electrons. The van der Waals surface area contributed by atoms with Gasteiger partial charge < -0.3 is 9.52 Å². The Kier molecular flexibility index (Phi) is 5.50. The van der Waals surface area contributed by atoms with Crippen LogP contribution in [0.4, 0.5) is 0 Å². The number of thioether (sulfide) groups is 1. The third-order valence-corrected chi connectivity index (χ3v) is 5.14. The number of hydrogen-bond acceptors (Lipinski definition) is 7. The van der Waals surface area contributed by atoms with Crippen LogP contribution in [-0.2, 0) is 12.3 Å². The zero-order chi connectivity index (χ0) is 19.3. The van der Waals surface area contributed by atoms with E-state index in [1.165, 1.54) is 11.8 Å². The molecule has 4 aromatic rings. The number of nitrogens with zero attached hydrogens (tertiary/aromatic N) is 4. The molecule has 4 rings (SSSR count). The van der Waals surface area contributed by atoms with Crippen LogP contribution < -0.4 is 5.56 Å². The zero-order valence-electron chi connectivity index (χ0n) is 15.0. The Bertz CT molecular complexity index is 1140. The van der Waals surface area contributed by atoms with Gasteiger partial charge in [-0.15, -0.1) is 10.2 Å². The van der Waals surface area contributed by atoms with Crippen molar-refractivity contribution in [2.45, 2.75) is 23.9 Å². The molecule has 7 nitrogen and oxygen atoms in total. The van der Waals surface area contributed by atoms with Gasteiger partial charge in [-0.25, -0.2) is 4.98 Å². The standard InChI is InChI=1S/C20H18N4O3S/c25-12-6-11-24-19(26)15-9-4-5-10-16(15)21-20(24)28-13-17-22-23-18(27-17)14-7-2-1-3-8-14/h1-5,7-10,25H,6,11-13H2. The van der Waals surface area contributed by atoms with E-state index in [4.69, 9.17) is 9.52 Å². The van der Waals surface area contributed by atoms with Crippen LogP contribution in [0.15, 0.2) is 69.0 Å². The number of aliphatic hydroxyl groups is 1. The first-order valence-electron chi connectivity index (χ1n) is 8.87. The van der Waals surface area contributed by atoms with Crippen molar-refractivity contribution in [2.75, 3.05) is 6.61 Å². The summed E-state index contributed by atoms with van der Waals surface area (Å²) >= 11 is 1.36. The molecule has 2 aromatic heterocycles. The van der Waals surface area contributed by atoms with Crippen molar-refractivity contribution in [2.24, 2.45) is 0 Å². The number of aliphatic hydroxyl groups excluding tert-OH is 1. The van der Waals surface area contributed by atoms with E-state index in [1.54, 1.807) is 10.6 Å². The maximum Gasteiger partial charge on any atom is 0.262 e. The first-order valence-corrected chi connectivity index (χ1v) is 9.86. The number of hydrogen-bond donors (Lipinski definition) is 1. The predicted octanol–water partition coefficient (Wildman–Crippen LogP) is 3.12. The van der Waals surface area contributed by atoms with E-state index < -0.39 is 0 Å². The van der Waals surface area contributed by atoms with Crippen molar-refractivity contribution >= 4 is 22.7 Å². The minimum Gasteiger partial charge on any atom is -0.420 e. The molecule has 0 amide bonds. The van der Waals surface area contributed by atoms with Gasteiger partial charge in [0.2, 0.25) is 11.8 Å². The van der Waals surface area contributed by atoms with Crippen LogP contribution in [-0.4, -0.2) is 31.5 Å². The molecule has 2 heterocycles. The van der Waals surface area contributed by atoms with E-state index in [0.29, 0.717) is 46.6 Å². The maximum atomic E-state index is 12.8. The fraction of sp³-hybridized carbons (Fsp3) is 0.200. The van der Waals surface area contributed by atoms with Crippen LogP contribution >= 0.6 is 11.8 Å². The van der Waals surface area contributed by atoms with Gasteiger partial charge in [-0.3, -0.25) is 9.36 Å². The first-order chi connectivity index (χ1) is 13.8. The second-order valence-corrected chi connectivity index (χ2v) is 7.04. The Hall–Kier alpha value is -2.97. The van der Waals surface area contributed by atoms with Gasteiger partial charge in [-0.2, -0.15) is 0 Å². The average molecular weight is 394 g/mol. The molecule has 0 radical (unpaired) electrons. The number of aromatic nitrogens is 4. The summed E-state index contributed by atoms with van der Waals surface area (Å²) < 4.78 is 7.33. The van der Waals surface area contributed by atoms with Crippen LogP contribution in [0.3, 0.4) is 0 Å². The Morgan fingerprint density at radius 3 is 2.64 bits per heavy atom. The van der Waals surface area contributed by atoms with E-state index in [-0.39, 0.29) is 12.2 Å². The molecule has 0 fully saturated rings. The summed E-state index contributed by atoms with van der Waals surface area (Å²) in [5, 5.41) is 18.5. The Labute approximate surface area is 165 Å². The molecular formula is C20H18N4O3S. The van der Waals surface area contributed by atoms with Gasteiger partial charge in [-0.05, 0) is 30.7 Å². The van der Waals surface area contributed by atoms with Crippen molar-refractivity contribution < 1.29 is 9.52 Å². The quantitative estimate of drug-likeness (QED) is 0.380. The summed E-state index contributed by atoms with van der Waals surface area (Å²) in [6.07, 6.45) is 0.478. The van der Waals surface area contributed by atoms with Crippen LogP contribution in [0.25, 0.3) is 22.4 Å². The van der Waals surface area contributed by atoms with Gasteiger partial charge in [0.1, 0.15) is 0 Å². The largest absolute Gasteiger partial charge is 0.420 e. The van der Waals surface area contributed by atoms with Gasteiger partial charge >= 0.3 is 0 Å². The van der Waals surface area contributed by atoms with E-state index in [2.05, 4.69) is 15.2 Å². The van der Waals surface area contributed by atoms with Crippen molar-refractivity contribution in [1.29, 1.82) is 0 Å². The molecule has 0 atom stereocenters. The summed E-state index contributed by atoms with van der Waals surface area (Å²) in [7, 11) is 0. The maximum absolute atomic E-state index is 12.8. The lowest BCUT2D eigenvalue weighted by Gasteiger charge is -2.11. The van der Waals surface area contributed by atoms with Crippen molar-refractivity contribution in [3.63, 3.8) is 0 Å². The number of rotatable bonds is 7. The van der Waals surface area contributed by atoms with Gasteiger partial charge in [-0.1, -0.05) is 42.1 Å². The third-order valence-electron chi connectivity index (χ3n) is 4.18. The number of benzene rings is 2. The second kappa shape index (κ2) is 8.37. The molecule has 0 aliphatic carbocycles. The Balaban J connectivity index is 1.60. The molecule has 0 saturated carbocycles. The third kappa shape index (κ3) is 3.83. The molecule has 28 heavy (non-hydrogen) atoms. The van der Waals surface area contributed by atoms with Crippen molar-refractivity contribution in [3.05, 3.63) is 70.8 Å². The number of fused-ring (bicyclic) bond motifs is 1. The average Bonchev–Trinajstić information content (AvgIpc) is 3.21. The molecule has 2 aromatic carbocycles. The molecule has 0 saturated heterocycles. The highest BCUT2D eigenvalue weighted by Gasteiger charge is 2.14. The van der Waals surface area contributed by atoms with Crippen LogP contribution in [0, 0.1) is 0 Å². The van der Waals surface area contributed by atoms with Crippen LogP contribution in [0.5, 0.6) is 0 Å². The molecule has 0 spiro atoms. The first kappa shape index (κ1) is 18.4. The zero-order valence-corrected chi connectivity index (χ0v) is 15.8. The van der Waals surface area contributed by atoms with Gasteiger partial charge in [0.05, 0.1) is 16.7 Å². The molecule has 0 unspecified atom stereocenters. The van der Waals surface area contributed by atoms with Crippen molar-refractivity contribution in [3.8, 4) is 11.5 Å². The highest BCUT2D eigenvalue weighted by molar-refractivity contribution is 7.98. The van der Waals surface area contributed by atoms with Crippen LogP contribution in [0.1, 0.15) is 12.3 Å². The lowest BCUT2D eigenvalue weighted by Crippen LogP contribution is -2.24. The van der Waals surface area contributed by atoms with Gasteiger partial charge in [0.25, 0.3) is 5.56 Å². The fourth-order valence-electron chi connectivity index (χ4n) is 2.82. The summed E-state index contributed by atoms with van der Waals surface area (Å²) in [4.78, 5) is 17.5. The lowest BCUT2D eigenvalue weighted by molar-refractivity contribution is 0.276. The van der Waals surface area contributed by atoms with Crippen molar-refractivity contribution in [1.82, 2.24) is 19.7 Å². The minimum atomic E-state index is -0.114. The van der Waals surface area contributed by atoms with E-state index in [9.17, 15) is 4.79 Å². The number of para-hydroxylation sites is 1. The Morgan fingerprint density at radius 2 is 1.82 bits per heavy atom. The summed E-state index contributed by atoms with van der Waals surface area (Å²) in [5.74, 6) is 1.31. The van der Waals surface area contributed by atoms with Gasteiger partial charge in [0, 0.05) is 18.7 Å². The van der Waals surface area contributed by atoms with Gasteiger partial charge in [0.15, 0.2) is 5.16 Å².